The Morgan fingerprint density at radius 3 is 2.68 bits per heavy atom. The topological polar surface area (TPSA) is 64.7 Å². The molecule has 0 radical (unpaired) electrons. The zero-order valence-electron chi connectivity index (χ0n) is 15.5. The van der Waals surface area contributed by atoms with Gasteiger partial charge in [0.25, 0.3) is 0 Å². The number of hydrogen-bond acceptors (Lipinski definition) is 4. The van der Waals surface area contributed by atoms with Crippen LogP contribution in [0.2, 0.25) is 0 Å². The van der Waals surface area contributed by atoms with Gasteiger partial charge in [-0.25, -0.2) is 0 Å². The Bertz CT molecular complexity index is 468. The Balaban J connectivity index is 0.00000225. The smallest absolute Gasteiger partial charge is 0.240 e. The molecule has 3 rings (SSSR count). The van der Waals surface area contributed by atoms with E-state index in [1.165, 1.54) is 0 Å². The summed E-state index contributed by atoms with van der Waals surface area (Å²) in [6, 6.07) is 0.351. The van der Waals surface area contributed by atoms with Gasteiger partial charge in [-0.15, -0.1) is 12.4 Å². The average Bonchev–Trinajstić information content (AvgIpc) is 3.22. The van der Waals surface area contributed by atoms with Crippen molar-refractivity contribution in [2.75, 3.05) is 32.7 Å². The monoisotopic (exact) mass is 372 g/mol. The highest BCUT2D eigenvalue weighted by Crippen LogP contribution is 2.25. The average molecular weight is 373 g/mol. The molecule has 3 atom stereocenters. The lowest BCUT2D eigenvalue weighted by molar-refractivity contribution is -0.134. The Hall–Kier alpha value is -0.850. The van der Waals surface area contributed by atoms with E-state index in [0.717, 1.165) is 64.8 Å². The number of hydrogen-bond donors (Lipinski definition) is 2. The van der Waals surface area contributed by atoms with Crippen molar-refractivity contribution in [3.05, 3.63) is 0 Å². The minimum Gasteiger partial charge on any atom is -0.354 e. The van der Waals surface area contributed by atoms with Crippen LogP contribution in [0.25, 0.3) is 0 Å². The summed E-state index contributed by atoms with van der Waals surface area (Å²) in [6.07, 6.45) is 5.25. The molecule has 144 valence electrons. The first-order valence-electron chi connectivity index (χ1n) is 9.62. The summed E-state index contributed by atoms with van der Waals surface area (Å²) in [7, 11) is 0. The van der Waals surface area contributed by atoms with Crippen LogP contribution in [0.1, 0.15) is 46.0 Å². The van der Waals surface area contributed by atoms with Crippen molar-refractivity contribution < 1.29 is 9.59 Å². The standard InChI is InChI=1S/C18H32N4O2.ClH/c1-13(2)22-10-7-16(18(22)24)21-9-4-5-14(12-21)11-20-17(23)15-6-3-8-19-15;/h13-16,19H,3-12H2,1-2H3,(H,20,23);1H. The number of carbonyl (C=O) groups excluding carboxylic acids is 2. The molecule has 6 nitrogen and oxygen atoms in total. The fourth-order valence-electron chi connectivity index (χ4n) is 4.36. The third-order valence-corrected chi connectivity index (χ3v) is 5.77. The molecule has 7 heteroatoms. The molecule has 25 heavy (non-hydrogen) atoms. The first-order chi connectivity index (χ1) is 11.6. The third kappa shape index (κ3) is 4.86. The zero-order chi connectivity index (χ0) is 17.1. The van der Waals surface area contributed by atoms with Gasteiger partial charge in [0.05, 0.1) is 12.1 Å². The fourth-order valence-corrected chi connectivity index (χ4v) is 4.36. The minimum absolute atomic E-state index is 0. The zero-order valence-corrected chi connectivity index (χ0v) is 16.3. The molecule has 0 bridgehead atoms. The summed E-state index contributed by atoms with van der Waals surface area (Å²) in [5, 5.41) is 6.37. The lowest BCUT2D eigenvalue weighted by atomic mass is 9.96. The van der Waals surface area contributed by atoms with Crippen LogP contribution in [0.4, 0.5) is 0 Å². The molecule has 3 saturated heterocycles. The molecule has 2 amide bonds. The number of amides is 2. The predicted molar refractivity (Wildman–Crippen MR) is 101 cm³/mol. The molecule has 3 aliphatic heterocycles. The molecule has 0 aromatic carbocycles. The molecular weight excluding hydrogens is 340 g/mol. The fraction of sp³-hybridized carbons (Fsp3) is 0.889. The first-order valence-corrected chi connectivity index (χ1v) is 9.62. The van der Waals surface area contributed by atoms with E-state index in [-0.39, 0.29) is 30.4 Å². The van der Waals surface area contributed by atoms with Crippen LogP contribution in [0, 0.1) is 5.92 Å². The summed E-state index contributed by atoms with van der Waals surface area (Å²) in [6.45, 7) is 8.69. The largest absolute Gasteiger partial charge is 0.354 e. The van der Waals surface area contributed by atoms with Crippen LogP contribution < -0.4 is 10.6 Å². The highest BCUT2D eigenvalue weighted by Gasteiger charge is 2.38. The van der Waals surface area contributed by atoms with Crippen LogP contribution in [0.15, 0.2) is 0 Å². The summed E-state index contributed by atoms with van der Waals surface area (Å²) >= 11 is 0. The van der Waals surface area contributed by atoms with Crippen molar-refractivity contribution in [1.29, 1.82) is 0 Å². The van der Waals surface area contributed by atoms with Crippen LogP contribution >= 0.6 is 12.4 Å². The van der Waals surface area contributed by atoms with E-state index in [1.807, 2.05) is 4.90 Å². The molecule has 0 aromatic rings. The molecule has 0 spiro atoms. The molecule has 3 unspecified atom stereocenters. The lowest BCUT2D eigenvalue weighted by Gasteiger charge is -2.36. The molecule has 3 fully saturated rings. The number of nitrogens with zero attached hydrogens (tertiary/aromatic N) is 2. The summed E-state index contributed by atoms with van der Waals surface area (Å²) in [5.41, 5.74) is 0. The Morgan fingerprint density at radius 1 is 1.24 bits per heavy atom. The van der Waals surface area contributed by atoms with E-state index in [9.17, 15) is 9.59 Å². The van der Waals surface area contributed by atoms with Gasteiger partial charge < -0.3 is 15.5 Å². The molecule has 3 heterocycles. The summed E-state index contributed by atoms with van der Waals surface area (Å²) in [5.74, 6) is 0.905. The summed E-state index contributed by atoms with van der Waals surface area (Å²) in [4.78, 5) is 29.1. The second-order valence-electron chi connectivity index (χ2n) is 7.83. The van der Waals surface area contributed by atoms with E-state index in [4.69, 9.17) is 0 Å². The van der Waals surface area contributed by atoms with Gasteiger partial charge in [-0.3, -0.25) is 14.5 Å². The van der Waals surface area contributed by atoms with Gasteiger partial charge >= 0.3 is 0 Å². The predicted octanol–water partition coefficient (Wildman–Crippen LogP) is 0.998. The number of likely N-dealkylation sites (tertiary alicyclic amines) is 2. The third-order valence-electron chi connectivity index (χ3n) is 5.77. The molecule has 3 aliphatic rings. The van der Waals surface area contributed by atoms with Gasteiger partial charge in [-0.05, 0) is 65.0 Å². The number of nitrogens with one attached hydrogen (secondary N) is 2. The van der Waals surface area contributed by atoms with E-state index in [0.29, 0.717) is 17.9 Å². The Morgan fingerprint density at radius 2 is 2.04 bits per heavy atom. The van der Waals surface area contributed by atoms with Gasteiger partial charge in [0.2, 0.25) is 11.8 Å². The lowest BCUT2D eigenvalue weighted by Crippen LogP contribution is -2.50. The van der Waals surface area contributed by atoms with Crippen molar-refractivity contribution in [2.45, 2.75) is 64.1 Å². The Labute approximate surface area is 157 Å². The molecule has 0 aliphatic carbocycles. The van der Waals surface area contributed by atoms with Crippen LogP contribution in [-0.4, -0.2) is 72.5 Å². The molecule has 0 saturated carbocycles. The van der Waals surface area contributed by atoms with Gasteiger partial charge in [0.15, 0.2) is 0 Å². The van der Waals surface area contributed by atoms with E-state index >= 15 is 0 Å². The van der Waals surface area contributed by atoms with E-state index < -0.39 is 0 Å². The normalized spacial score (nSPS) is 30.6. The van der Waals surface area contributed by atoms with E-state index in [2.05, 4.69) is 29.4 Å². The second kappa shape index (κ2) is 9.19. The number of piperidine rings is 1. The van der Waals surface area contributed by atoms with Crippen LogP contribution in [0.3, 0.4) is 0 Å². The maximum Gasteiger partial charge on any atom is 0.240 e. The minimum atomic E-state index is 0. The molecule has 2 N–H and O–H groups in total. The van der Waals surface area contributed by atoms with Gasteiger partial charge in [0, 0.05) is 25.7 Å². The summed E-state index contributed by atoms with van der Waals surface area (Å²) < 4.78 is 0. The number of halogens is 1. The quantitative estimate of drug-likeness (QED) is 0.755. The van der Waals surface area contributed by atoms with Crippen molar-refractivity contribution in [3.63, 3.8) is 0 Å². The maximum atomic E-state index is 12.6. The van der Waals surface area contributed by atoms with Crippen molar-refractivity contribution in [2.24, 2.45) is 5.92 Å². The highest BCUT2D eigenvalue weighted by molar-refractivity contribution is 5.85. The van der Waals surface area contributed by atoms with Crippen molar-refractivity contribution in [3.8, 4) is 0 Å². The van der Waals surface area contributed by atoms with E-state index in [1.54, 1.807) is 0 Å². The van der Waals surface area contributed by atoms with Crippen LogP contribution in [-0.2, 0) is 9.59 Å². The Kier molecular flexibility index (Phi) is 7.52. The van der Waals surface area contributed by atoms with Crippen LogP contribution in [0.5, 0.6) is 0 Å². The van der Waals surface area contributed by atoms with Crippen molar-refractivity contribution >= 4 is 24.2 Å². The van der Waals surface area contributed by atoms with Gasteiger partial charge in [0.1, 0.15) is 0 Å². The van der Waals surface area contributed by atoms with Crippen molar-refractivity contribution in [1.82, 2.24) is 20.4 Å². The molecule has 0 aromatic heterocycles. The molecular formula is C18H33ClN4O2. The van der Waals surface area contributed by atoms with Gasteiger partial charge in [-0.1, -0.05) is 0 Å². The number of carbonyl (C=O) groups is 2. The highest BCUT2D eigenvalue weighted by atomic mass is 35.5. The first kappa shape index (κ1) is 20.5. The number of rotatable bonds is 5. The van der Waals surface area contributed by atoms with Gasteiger partial charge in [-0.2, -0.15) is 0 Å². The second-order valence-corrected chi connectivity index (χ2v) is 7.83. The maximum absolute atomic E-state index is 12.6. The SMILES string of the molecule is CC(C)N1CCC(N2CCCC(CNC(=O)C3CCCN3)C2)C1=O.Cl.